The SMILES string of the molecule is O=C1C(O)=C(c2ccc(Cl)cc2Cl)C(=O)N1Cc1ccccc1. The molecule has 1 N–H and O–H groups in total. The molecule has 0 fully saturated rings. The lowest BCUT2D eigenvalue weighted by atomic mass is 10.1. The number of aliphatic hydroxyl groups excluding tert-OH is 1. The van der Waals surface area contributed by atoms with Crippen LogP contribution in [-0.4, -0.2) is 21.8 Å². The average molecular weight is 348 g/mol. The van der Waals surface area contributed by atoms with E-state index in [-0.39, 0.29) is 22.7 Å². The van der Waals surface area contributed by atoms with E-state index in [9.17, 15) is 14.7 Å². The molecule has 3 rings (SSSR count). The molecular formula is C17H11Cl2NO3. The van der Waals surface area contributed by atoms with E-state index < -0.39 is 17.6 Å². The van der Waals surface area contributed by atoms with Gasteiger partial charge in [-0.3, -0.25) is 14.5 Å². The molecule has 0 aliphatic carbocycles. The standard InChI is InChI=1S/C17H11Cl2NO3/c18-11-6-7-12(13(19)8-11)14-15(21)17(23)20(16(14)22)9-10-4-2-1-3-5-10/h1-8,21H,9H2. The zero-order valence-corrected chi connectivity index (χ0v) is 13.3. The predicted octanol–water partition coefficient (Wildman–Crippen LogP) is 3.83. The van der Waals surface area contributed by atoms with Crippen molar-refractivity contribution >= 4 is 40.6 Å². The van der Waals surface area contributed by atoms with Crippen molar-refractivity contribution in [1.29, 1.82) is 0 Å². The lowest BCUT2D eigenvalue weighted by Gasteiger charge is -2.14. The molecule has 0 saturated carbocycles. The summed E-state index contributed by atoms with van der Waals surface area (Å²) in [6.45, 7) is 0.0806. The fourth-order valence-corrected chi connectivity index (χ4v) is 2.91. The summed E-state index contributed by atoms with van der Waals surface area (Å²) in [4.78, 5) is 25.8. The van der Waals surface area contributed by atoms with Gasteiger partial charge in [-0.05, 0) is 17.7 Å². The normalized spacial score (nSPS) is 14.8. The van der Waals surface area contributed by atoms with Crippen LogP contribution in [0.5, 0.6) is 0 Å². The molecule has 0 spiro atoms. The number of halogens is 2. The zero-order valence-electron chi connectivity index (χ0n) is 11.8. The van der Waals surface area contributed by atoms with Gasteiger partial charge in [0.15, 0.2) is 5.76 Å². The highest BCUT2D eigenvalue weighted by Gasteiger charge is 2.39. The van der Waals surface area contributed by atoms with E-state index in [1.54, 1.807) is 18.2 Å². The van der Waals surface area contributed by atoms with Crippen LogP contribution in [0.4, 0.5) is 0 Å². The number of aliphatic hydroxyl groups is 1. The second kappa shape index (κ2) is 6.07. The predicted molar refractivity (Wildman–Crippen MR) is 88.0 cm³/mol. The Hall–Kier alpha value is -2.30. The van der Waals surface area contributed by atoms with E-state index in [1.807, 2.05) is 18.2 Å². The van der Waals surface area contributed by atoms with E-state index in [0.29, 0.717) is 5.02 Å². The third-order valence-electron chi connectivity index (χ3n) is 3.53. The minimum Gasteiger partial charge on any atom is -0.502 e. The molecule has 0 saturated heterocycles. The summed E-state index contributed by atoms with van der Waals surface area (Å²) in [5, 5.41) is 10.7. The number of imide groups is 1. The first-order valence-corrected chi connectivity index (χ1v) is 7.53. The molecule has 0 unspecified atom stereocenters. The van der Waals surface area contributed by atoms with Crippen LogP contribution in [0, 0.1) is 0 Å². The Morgan fingerprint density at radius 3 is 2.30 bits per heavy atom. The Bertz CT molecular complexity index is 831. The molecule has 116 valence electrons. The molecule has 0 aromatic heterocycles. The number of hydrogen-bond acceptors (Lipinski definition) is 3. The molecule has 0 atom stereocenters. The van der Waals surface area contributed by atoms with E-state index in [2.05, 4.69) is 0 Å². The van der Waals surface area contributed by atoms with E-state index in [0.717, 1.165) is 10.5 Å². The summed E-state index contributed by atoms with van der Waals surface area (Å²) >= 11 is 11.9. The second-order valence-corrected chi connectivity index (χ2v) is 5.87. The third kappa shape index (κ3) is 2.83. The summed E-state index contributed by atoms with van der Waals surface area (Å²) in [5.74, 6) is -1.92. The first-order chi connectivity index (χ1) is 11.0. The summed E-state index contributed by atoms with van der Waals surface area (Å²) in [7, 11) is 0. The highest BCUT2D eigenvalue weighted by molar-refractivity contribution is 6.40. The minimum atomic E-state index is -0.736. The van der Waals surface area contributed by atoms with Gasteiger partial charge in [-0.2, -0.15) is 0 Å². The van der Waals surface area contributed by atoms with Crippen LogP contribution < -0.4 is 0 Å². The van der Waals surface area contributed by atoms with Crippen LogP contribution in [0.15, 0.2) is 54.3 Å². The van der Waals surface area contributed by atoms with E-state index in [1.165, 1.54) is 12.1 Å². The lowest BCUT2D eigenvalue weighted by Crippen LogP contribution is -2.31. The molecule has 2 amide bonds. The van der Waals surface area contributed by atoms with Crippen molar-refractivity contribution in [2.24, 2.45) is 0 Å². The van der Waals surface area contributed by atoms with Crippen LogP contribution in [-0.2, 0) is 16.1 Å². The third-order valence-corrected chi connectivity index (χ3v) is 4.08. The summed E-state index contributed by atoms with van der Waals surface area (Å²) < 4.78 is 0. The van der Waals surface area contributed by atoms with Gasteiger partial charge in [0.1, 0.15) is 0 Å². The fraction of sp³-hybridized carbons (Fsp3) is 0.0588. The average Bonchev–Trinajstić information content (AvgIpc) is 2.73. The molecule has 2 aromatic carbocycles. The van der Waals surface area contributed by atoms with Crippen molar-refractivity contribution in [2.45, 2.75) is 6.54 Å². The highest BCUT2D eigenvalue weighted by atomic mass is 35.5. The van der Waals surface area contributed by atoms with Crippen molar-refractivity contribution in [3.8, 4) is 0 Å². The van der Waals surface area contributed by atoms with Crippen molar-refractivity contribution in [1.82, 2.24) is 4.90 Å². The Kier molecular flexibility index (Phi) is 4.11. The van der Waals surface area contributed by atoms with Crippen LogP contribution >= 0.6 is 23.2 Å². The van der Waals surface area contributed by atoms with Crippen molar-refractivity contribution in [3.63, 3.8) is 0 Å². The van der Waals surface area contributed by atoms with E-state index in [4.69, 9.17) is 23.2 Å². The van der Waals surface area contributed by atoms with Gasteiger partial charge >= 0.3 is 0 Å². The number of benzene rings is 2. The van der Waals surface area contributed by atoms with Gasteiger partial charge in [0.2, 0.25) is 0 Å². The fourth-order valence-electron chi connectivity index (χ4n) is 2.41. The molecule has 1 heterocycles. The van der Waals surface area contributed by atoms with Gasteiger partial charge in [0, 0.05) is 10.6 Å². The molecule has 1 aliphatic rings. The van der Waals surface area contributed by atoms with Gasteiger partial charge in [-0.1, -0.05) is 59.6 Å². The van der Waals surface area contributed by atoms with Crippen LogP contribution in [0.25, 0.3) is 5.57 Å². The summed E-state index contributed by atoms with van der Waals surface area (Å²) in [6, 6.07) is 13.6. The van der Waals surface area contributed by atoms with Gasteiger partial charge < -0.3 is 5.11 Å². The monoisotopic (exact) mass is 347 g/mol. The topological polar surface area (TPSA) is 57.6 Å². The summed E-state index contributed by atoms with van der Waals surface area (Å²) in [5.41, 5.74) is 0.959. The first-order valence-electron chi connectivity index (χ1n) is 6.78. The van der Waals surface area contributed by atoms with Crippen molar-refractivity contribution in [2.75, 3.05) is 0 Å². The quantitative estimate of drug-likeness (QED) is 0.858. The van der Waals surface area contributed by atoms with Crippen molar-refractivity contribution < 1.29 is 14.7 Å². The second-order valence-electron chi connectivity index (χ2n) is 5.03. The zero-order chi connectivity index (χ0) is 16.6. The van der Waals surface area contributed by atoms with Crippen molar-refractivity contribution in [3.05, 3.63) is 75.5 Å². The molecule has 2 aromatic rings. The molecule has 0 radical (unpaired) electrons. The maximum Gasteiger partial charge on any atom is 0.296 e. The molecule has 0 bridgehead atoms. The molecule has 1 aliphatic heterocycles. The largest absolute Gasteiger partial charge is 0.502 e. The smallest absolute Gasteiger partial charge is 0.296 e. The maximum atomic E-state index is 12.6. The van der Waals surface area contributed by atoms with Gasteiger partial charge in [0.05, 0.1) is 17.1 Å². The molecule has 4 nitrogen and oxygen atoms in total. The number of carbonyl (C=O) groups excluding carboxylic acids is 2. The Labute approximate surface area is 142 Å². The number of rotatable bonds is 3. The molecular weight excluding hydrogens is 337 g/mol. The Balaban J connectivity index is 1.96. The van der Waals surface area contributed by atoms with Gasteiger partial charge in [-0.15, -0.1) is 0 Å². The van der Waals surface area contributed by atoms with Crippen LogP contribution in [0.3, 0.4) is 0 Å². The van der Waals surface area contributed by atoms with E-state index >= 15 is 0 Å². The van der Waals surface area contributed by atoms with Crippen LogP contribution in [0.2, 0.25) is 10.0 Å². The molecule has 23 heavy (non-hydrogen) atoms. The minimum absolute atomic E-state index is 0.0806. The van der Waals surface area contributed by atoms with Crippen LogP contribution in [0.1, 0.15) is 11.1 Å². The number of carbonyl (C=O) groups is 2. The lowest BCUT2D eigenvalue weighted by molar-refractivity contribution is -0.138. The number of amides is 2. The Morgan fingerprint density at radius 1 is 0.957 bits per heavy atom. The molecule has 6 heteroatoms. The maximum absolute atomic E-state index is 12.6. The van der Waals surface area contributed by atoms with Gasteiger partial charge in [-0.25, -0.2) is 0 Å². The number of hydrogen-bond donors (Lipinski definition) is 1. The Morgan fingerprint density at radius 2 is 1.65 bits per heavy atom. The number of nitrogens with zero attached hydrogens (tertiary/aromatic N) is 1. The van der Waals surface area contributed by atoms with Gasteiger partial charge in [0.25, 0.3) is 11.8 Å². The summed E-state index contributed by atoms with van der Waals surface area (Å²) in [6.07, 6.45) is 0. The highest BCUT2D eigenvalue weighted by Crippen LogP contribution is 2.34. The first kappa shape index (κ1) is 15.6.